The van der Waals surface area contributed by atoms with Gasteiger partial charge in [0.1, 0.15) is 0 Å². The average molecular weight is 450 g/mol. The summed E-state index contributed by atoms with van der Waals surface area (Å²) in [4.78, 5) is 9.92. The predicted octanol–water partition coefficient (Wildman–Crippen LogP) is 3.33. The lowest BCUT2D eigenvalue weighted by Crippen LogP contribution is -2.42. The number of halogens is 1. The van der Waals surface area contributed by atoms with E-state index in [-0.39, 0.29) is 24.0 Å². The van der Waals surface area contributed by atoms with Gasteiger partial charge in [-0.3, -0.25) is 0 Å². The molecule has 1 aromatic rings. The fourth-order valence-electron chi connectivity index (χ4n) is 2.70. The van der Waals surface area contributed by atoms with E-state index < -0.39 is 0 Å². The summed E-state index contributed by atoms with van der Waals surface area (Å²) in [5.74, 6) is 1.72. The molecule has 0 unspecified atom stereocenters. The number of rotatable bonds is 6. The van der Waals surface area contributed by atoms with Gasteiger partial charge in [0, 0.05) is 22.8 Å². The number of aryl methyl sites for hydroxylation is 1. The van der Waals surface area contributed by atoms with Gasteiger partial charge >= 0.3 is 0 Å². The van der Waals surface area contributed by atoms with Gasteiger partial charge in [-0.15, -0.1) is 35.3 Å². The second kappa shape index (κ2) is 11.3. The van der Waals surface area contributed by atoms with Crippen molar-refractivity contribution in [1.82, 2.24) is 15.5 Å². The Balaban J connectivity index is 0.00000264. The first-order chi connectivity index (χ1) is 10.7. The molecule has 4 nitrogen and oxygen atoms in total. The lowest BCUT2D eigenvalue weighted by molar-refractivity contribution is 0.220. The van der Waals surface area contributed by atoms with Crippen LogP contribution >= 0.6 is 35.3 Å². The fourth-order valence-corrected chi connectivity index (χ4v) is 3.59. The molecule has 6 heteroatoms. The topological polar surface area (TPSA) is 39.7 Å². The quantitative estimate of drug-likeness (QED) is 0.397. The summed E-state index contributed by atoms with van der Waals surface area (Å²) in [6, 6.07) is 4.42. The van der Waals surface area contributed by atoms with E-state index in [1.165, 1.54) is 35.7 Å². The summed E-state index contributed by atoms with van der Waals surface area (Å²) in [6.07, 6.45) is 3.68. The number of piperidine rings is 1. The van der Waals surface area contributed by atoms with Gasteiger partial charge in [0.15, 0.2) is 5.96 Å². The number of hydrogen-bond acceptors (Lipinski definition) is 3. The summed E-state index contributed by atoms with van der Waals surface area (Å²) in [5.41, 5.74) is 0. The van der Waals surface area contributed by atoms with Crippen LogP contribution in [0.4, 0.5) is 0 Å². The SMILES string of the molecule is CCNC(=NCc1ccc(CC)s1)NCC1CCN(C)CC1.I. The van der Waals surface area contributed by atoms with Crippen LogP contribution in [0.3, 0.4) is 0 Å². The van der Waals surface area contributed by atoms with Crippen molar-refractivity contribution in [3.8, 4) is 0 Å². The Bertz CT molecular complexity index is 467. The standard InChI is InChI=1S/C17H30N4S.HI/c1-4-15-6-7-16(22-15)13-20-17(18-5-2)19-12-14-8-10-21(3)11-9-14;/h6-7,14H,4-5,8-13H2,1-3H3,(H2,18,19,20);1H. The first-order valence-electron chi connectivity index (χ1n) is 8.49. The zero-order chi connectivity index (χ0) is 15.8. The van der Waals surface area contributed by atoms with Gasteiger partial charge in [-0.05, 0) is 64.4 Å². The van der Waals surface area contributed by atoms with E-state index >= 15 is 0 Å². The van der Waals surface area contributed by atoms with E-state index in [0.29, 0.717) is 0 Å². The molecule has 0 aliphatic carbocycles. The molecule has 0 atom stereocenters. The molecule has 0 spiro atoms. The minimum atomic E-state index is 0. The van der Waals surface area contributed by atoms with Crippen molar-refractivity contribution < 1.29 is 0 Å². The first-order valence-corrected chi connectivity index (χ1v) is 9.31. The average Bonchev–Trinajstić information content (AvgIpc) is 3.00. The van der Waals surface area contributed by atoms with Crippen LogP contribution < -0.4 is 10.6 Å². The van der Waals surface area contributed by atoms with Gasteiger partial charge in [0.2, 0.25) is 0 Å². The molecule has 132 valence electrons. The number of guanidine groups is 1. The lowest BCUT2D eigenvalue weighted by atomic mass is 9.97. The highest BCUT2D eigenvalue weighted by Gasteiger charge is 2.16. The van der Waals surface area contributed by atoms with Gasteiger partial charge in [-0.25, -0.2) is 4.99 Å². The molecular formula is C17H31IN4S. The van der Waals surface area contributed by atoms with Gasteiger partial charge < -0.3 is 15.5 Å². The monoisotopic (exact) mass is 450 g/mol. The number of aliphatic imine (C=N–C) groups is 1. The zero-order valence-corrected chi connectivity index (χ0v) is 17.7. The molecule has 23 heavy (non-hydrogen) atoms. The van der Waals surface area contributed by atoms with Crippen molar-refractivity contribution in [2.45, 2.75) is 39.7 Å². The minimum absolute atomic E-state index is 0. The Morgan fingerprint density at radius 2 is 1.91 bits per heavy atom. The summed E-state index contributed by atoms with van der Waals surface area (Å²) in [6.45, 7) is 9.46. The first kappa shape index (κ1) is 20.7. The second-order valence-electron chi connectivity index (χ2n) is 6.04. The van der Waals surface area contributed by atoms with Gasteiger partial charge in [-0.2, -0.15) is 0 Å². The molecule has 2 heterocycles. The van der Waals surface area contributed by atoms with Gasteiger partial charge in [0.25, 0.3) is 0 Å². The Labute approximate surface area is 162 Å². The normalized spacial score (nSPS) is 16.9. The molecule has 2 N–H and O–H groups in total. The maximum absolute atomic E-state index is 4.73. The van der Waals surface area contributed by atoms with Crippen LogP contribution in [-0.4, -0.2) is 44.1 Å². The number of thiophene rings is 1. The van der Waals surface area contributed by atoms with Crippen molar-refractivity contribution in [3.63, 3.8) is 0 Å². The highest BCUT2D eigenvalue weighted by atomic mass is 127. The summed E-state index contributed by atoms with van der Waals surface area (Å²) in [5, 5.41) is 6.88. The summed E-state index contributed by atoms with van der Waals surface area (Å²) >= 11 is 1.87. The van der Waals surface area contributed by atoms with Crippen LogP contribution in [0.15, 0.2) is 17.1 Å². The molecule has 0 bridgehead atoms. The molecule has 0 amide bonds. The second-order valence-corrected chi connectivity index (χ2v) is 7.30. The minimum Gasteiger partial charge on any atom is -0.357 e. The van der Waals surface area contributed by atoms with Crippen molar-refractivity contribution >= 4 is 41.3 Å². The fraction of sp³-hybridized carbons (Fsp3) is 0.706. The number of nitrogens with one attached hydrogen (secondary N) is 2. The molecule has 1 aliphatic rings. The van der Waals surface area contributed by atoms with Crippen LogP contribution in [0.5, 0.6) is 0 Å². The maximum Gasteiger partial charge on any atom is 0.191 e. The molecule has 0 aromatic carbocycles. The zero-order valence-electron chi connectivity index (χ0n) is 14.6. The summed E-state index contributed by atoms with van der Waals surface area (Å²) in [7, 11) is 2.21. The van der Waals surface area contributed by atoms with E-state index in [2.05, 4.69) is 48.6 Å². The van der Waals surface area contributed by atoms with E-state index in [4.69, 9.17) is 4.99 Å². The van der Waals surface area contributed by atoms with Crippen molar-refractivity contribution in [2.24, 2.45) is 10.9 Å². The molecule has 2 rings (SSSR count). The van der Waals surface area contributed by atoms with E-state index in [1.54, 1.807) is 0 Å². The van der Waals surface area contributed by atoms with Crippen LogP contribution in [0, 0.1) is 5.92 Å². The van der Waals surface area contributed by atoms with Gasteiger partial charge in [-0.1, -0.05) is 6.92 Å². The van der Waals surface area contributed by atoms with E-state index in [1.807, 2.05) is 11.3 Å². The number of hydrogen-bond donors (Lipinski definition) is 2. The molecule has 1 fully saturated rings. The van der Waals surface area contributed by atoms with Crippen molar-refractivity contribution in [3.05, 3.63) is 21.9 Å². The predicted molar refractivity (Wildman–Crippen MR) is 112 cm³/mol. The van der Waals surface area contributed by atoms with E-state index in [0.717, 1.165) is 37.9 Å². The highest BCUT2D eigenvalue weighted by molar-refractivity contribution is 14.0. The van der Waals surface area contributed by atoms with Gasteiger partial charge in [0.05, 0.1) is 6.54 Å². The molecule has 1 aromatic heterocycles. The van der Waals surface area contributed by atoms with Crippen molar-refractivity contribution in [1.29, 1.82) is 0 Å². The lowest BCUT2D eigenvalue weighted by Gasteiger charge is -2.29. The molecule has 1 aliphatic heterocycles. The van der Waals surface area contributed by atoms with Crippen molar-refractivity contribution in [2.75, 3.05) is 33.2 Å². The third kappa shape index (κ3) is 7.39. The smallest absolute Gasteiger partial charge is 0.191 e. The van der Waals surface area contributed by atoms with E-state index in [9.17, 15) is 0 Å². The largest absolute Gasteiger partial charge is 0.357 e. The number of nitrogens with zero attached hydrogens (tertiary/aromatic N) is 2. The molecular weight excluding hydrogens is 419 g/mol. The molecule has 1 saturated heterocycles. The number of likely N-dealkylation sites (tertiary alicyclic amines) is 1. The third-order valence-electron chi connectivity index (χ3n) is 4.20. The highest BCUT2D eigenvalue weighted by Crippen LogP contribution is 2.18. The Kier molecular flexibility index (Phi) is 10.1. The third-order valence-corrected chi connectivity index (χ3v) is 5.41. The maximum atomic E-state index is 4.73. The Morgan fingerprint density at radius 1 is 1.22 bits per heavy atom. The summed E-state index contributed by atoms with van der Waals surface area (Å²) < 4.78 is 0. The van der Waals surface area contributed by atoms with Crippen LogP contribution in [0.2, 0.25) is 0 Å². The Hall–Kier alpha value is -0.340. The van der Waals surface area contributed by atoms with Crippen LogP contribution in [0.25, 0.3) is 0 Å². The Morgan fingerprint density at radius 3 is 2.52 bits per heavy atom. The molecule has 0 radical (unpaired) electrons. The van der Waals surface area contributed by atoms with Crippen LogP contribution in [0.1, 0.15) is 36.4 Å². The molecule has 0 saturated carbocycles. The van der Waals surface area contributed by atoms with Crippen LogP contribution in [-0.2, 0) is 13.0 Å².